The van der Waals surface area contributed by atoms with Gasteiger partial charge in [-0.1, -0.05) is 0 Å². The van der Waals surface area contributed by atoms with E-state index in [9.17, 15) is 4.79 Å². The van der Waals surface area contributed by atoms with Gasteiger partial charge in [-0.2, -0.15) is 5.10 Å². The number of nitrogens with zero attached hydrogens (tertiary/aromatic N) is 1. The van der Waals surface area contributed by atoms with Crippen molar-refractivity contribution in [2.24, 2.45) is 5.92 Å². The van der Waals surface area contributed by atoms with Gasteiger partial charge >= 0.3 is 0 Å². The maximum absolute atomic E-state index is 12.1. The smallest absolute Gasteiger partial charge is 0.231 e. The average molecular weight is 347 g/mol. The monoisotopic (exact) mass is 347 g/mol. The van der Waals surface area contributed by atoms with Crippen LogP contribution in [0.25, 0.3) is 11.3 Å². The molecule has 1 unspecified atom stereocenters. The molecule has 1 fully saturated rings. The van der Waals surface area contributed by atoms with Crippen LogP contribution in [0.4, 0.5) is 5.82 Å². The molecule has 3 rings (SSSR count). The third-order valence-electron chi connectivity index (χ3n) is 4.11. The second-order valence-corrected chi connectivity index (χ2v) is 5.63. The predicted molar refractivity (Wildman–Crippen MR) is 91.2 cm³/mol. The highest BCUT2D eigenvalue weighted by Crippen LogP contribution is 2.41. The van der Waals surface area contributed by atoms with Gasteiger partial charge in [-0.15, -0.1) is 0 Å². The molecule has 1 amide bonds. The van der Waals surface area contributed by atoms with Crippen LogP contribution in [0.5, 0.6) is 17.2 Å². The molecule has 2 aromatic rings. The normalized spacial score (nSPS) is 16.5. The summed E-state index contributed by atoms with van der Waals surface area (Å²) in [6.45, 7) is 1.07. The zero-order chi connectivity index (χ0) is 17.8. The Kier molecular flexibility index (Phi) is 5.08. The van der Waals surface area contributed by atoms with Crippen molar-refractivity contribution in [1.29, 1.82) is 0 Å². The van der Waals surface area contributed by atoms with Gasteiger partial charge in [0.05, 0.1) is 39.5 Å². The second kappa shape index (κ2) is 7.43. The lowest BCUT2D eigenvalue weighted by atomic mass is 10.1. The number of methoxy groups -OCH3 is 3. The van der Waals surface area contributed by atoms with Gasteiger partial charge in [0.2, 0.25) is 11.7 Å². The molecule has 1 atom stereocenters. The van der Waals surface area contributed by atoms with E-state index < -0.39 is 0 Å². The molecule has 1 saturated heterocycles. The largest absolute Gasteiger partial charge is 0.493 e. The molecule has 134 valence electrons. The van der Waals surface area contributed by atoms with Gasteiger partial charge < -0.3 is 24.3 Å². The number of nitrogens with one attached hydrogen (secondary N) is 2. The third-order valence-corrected chi connectivity index (χ3v) is 4.11. The van der Waals surface area contributed by atoms with Gasteiger partial charge in [0.15, 0.2) is 17.3 Å². The summed E-state index contributed by atoms with van der Waals surface area (Å²) in [4.78, 5) is 12.1. The summed E-state index contributed by atoms with van der Waals surface area (Å²) in [7, 11) is 4.67. The minimum absolute atomic E-state index is 0.0829. The SMILES string of the molecule is COc1cc(-c2cc(NC(=O)C3CCOC3)n[nH]2)cc(OC)c1OC. The Morgan fingerprint density at radius 1 is 1.20 bits per heavy atom. The molecule has 0 aliphatic carbocycles. The van der Waals surface area contributed by atoms with Crippen LogP contribution in [0.3, 0.4) is 0 Å². The van der Waals surface area contributed by atoms with Crippen molar-refractivity contribution in [2.45, 2.75) is 6.42 Å². The minimum atomic E-state index is -0.124. The lowest BCUT2D eigenvalue weighted by molar-refractivity contribution is -0.119. The predicted octanol–water partition coefficient (Wildman–Crippen LogP) is 2.08. The van der Waals surface area contributed by atoms with E-state index in [0.29, 0.717) is 36.3 Å². The van der Waals surface area contributed by atoms with Gasteiger partial charge in [-0.25, -0.2) is 0 Å². The molecule has 8 nitrogen and oxygen atoms in total. The first-order chi connectivity index (χ1) is 12.2. The Bertz CT molecular complexity index is 727. The van der Waals surface area contributed by atoms with E-state index >= 15 is 0 Å². The number of H-pyrrole nitrogens is 1. The quantitative estimate of drug-likeness (QED) is 0.831. The molecular weight excluding hydrogens is 326 g/mol. The molecule has 2 heterocycles. The fraction of sp³-hybridized carbons (Fsp3) is 0.412. The summed E-state index contributed by atoms with van der Waals surface area (Å²) in [6, 6.07) is 5.38. The van der Waals surface area contributed by atoms with E-state index in [1.807, 2.05) is 12.1 Å². The topological polar surface area (TPSA) is 94.7 Å². The van der Waals surface area contributed by atoms with Crippen LogP contribution in [0.1, 0.15) is 6.42 Å². The fourth-order valence-corrected chi connectivity index (χ4v) is 2.74. The minimum Gasteiger partial charge on any atom is -0.493 e. The van der Waals surface area contributed by atoms with Gasteiger partial charge in [0.1, 0.15) is 0 Å². The molecule has 0 saturated carbocycles. The molecule has 1 aliphatic rings. The number of aromatic amines is 1. The first-order valence-electron chi connectivity index (χ1n) is 7.90. The fourth-order valence-electron chi connectivity index (χ4n) is 2.74. The van der Waals surface area contributed by atoms with Crippen LogP contribution in [0.15, 0.2) is 18.2 Å². The second-order valence-electron chi connectivity index (χ2n) is 5.63. The number of rotatable bonds is 6. The van der Waals surface area contributed by atoms with Gasteiger partial charge in [-0.05, 0) is 18.6 Å². The number of ether oxygens (including phenoxy) is 4. The number of anilines is 1. The van der Waals surface area contributed by atoms with Gasteiger partial charge in [-0.3, -0.25) is 9.89 Å². The standard InChI is InChI=1S/C17H21N3O5/c1-22-13-6-11(7-14(23-2)16(13)24-3)12-8-15(20-19-12)18-17(21)10-4-5-25-9-10/h6-8,10H,4-5,9H2,1-3H3,(H2,18,19,20,21). The molecule has 8 heteroatoms. The van der Waals surface area contributed by atoms with Crippen molar-refractivity contribution < 1.29 is 23.7 Å². The van der Waals surface area contributed by atoms with Crippen LogP contribution < -0.4 is 19.5 Å². The highest BCUT2D eigenvalue weighted by Gasteiger charge is 2.24. The Balaban J connectivity index is 1.83. The van der Waals surface area contributed by atoms with Crippen molar-refractivity contribution in [3.8, 4) is 28.5 Å². The summed E-state index contributed by atoms with van der Waals surface area (Å²) in [5, 5.41) is 9.86. The highest BCUT2D eigenvalue weighted by molar-refractivity contribution is 5.92. The Morgan fingerprint density at radius 3 is 2.48 bits per heavy atom. The molecule has 25 heavy (non-hydrogen) atoms. The molecule has 0 bridgehead atoms. The number of aromatic nitrogens is 2. The molecule has 2 N–H and O–H groups in total. The van der Waals surface area contributed by atoms with Crippen molar-refractivity contribution in [2.75, 3.05) is 39.9 Å². The van der Waals surface area contributed by atoms with Crippen LogP contribution in [0.2, 0.25) is 0 Å². The van der Waals surface area contributed by atoms with E-state index in [2.05, 4.69) is 15.5 Å². The molecule has 1 aromatic carbocycles. The zero-order valence-electron chi connectivity index (χ0n) is 14.4. The maximum atomic E-state index is 12.1. The summed E-state index contributed by atoms with van der Waals surface area (Å²) >= 11 is 0. The Hall–Kier alpha value is -2.74. The molecule has 1 aliphatic heterocycles. The number of amides is 1. The van der Waals surface area contributed by atoms with Gasteiger partial charge in [0, 0.05) is 18.2 Å². The molecule has 1 aromatic heterocycles. The Morgan fingerprint density at radius 2 is 1.92 bits per heavy atom. The van der Waals surface area contributed by atoms with E-state index in [1.54, 1.807) is 27.4 Å². The first kappa shape index (κ1) is 17.1. The van der Waals surface area contributed by atoms with Crippen molar-refractivity contribution in [1.82, 2.24) is 10.2 Å². The van der Waals surface area contributed by atoms with Crippen LogP contribution in [-0.4, -0.2) is 50.6 Å². The van der Waals surface area contributed by atoms with Crippen LogP contribution in [0, 0.1) is 5.92 Å². The third kappa shape index (κ3) is 3.53. The van der Waals surface area contributed by atoms with Crippen LogP contribution >= 0.6 is 0 Å². The molecular formula is C17H21N3O5. The molecule has 0 spiro atoms. The first-order valence-corrected chi connectivity index (χ1v) is 7.90. The van der Waals surface area contributed by atoms with E-state index in [0.717, 1.165) is 17.7 Å². The number of hydrogen-bond donors (Lipinski definition) is 2. The highest BCUT2D eigenvalue weighted by atomic mass is 16.5. The lowest BCUT2D eigenvalue weighted by Gasteiger charge is -2.13. The van der Waals surface area contributed by atoms with Gasteiger partial charge in [0.25, 0.3) is 0 Å². The zero-order valence-corrected chi connectivity index (χ0v) is 14.4. The van der Waals surface area contributed by atoms with E-state index in [-0.39, 0.29) is 11.8 Å². The average Bonchev–Trinajstić information content (AvgIpc) is 3.32. The van der Waals surface area contributed by atoms with Crippen molar-refractivity contribution in [3.05, 3.63) is 18.2 Å². The summed E-state index contributed by atoms with van der Waals surface area (Å²) in [5.74, 6) is 1.85. The van der Waals surface area contributed by atoms with E-state index in [4.69, 9.17) is 18.9 Å². The maximum Gasteiger partial charge on any atom is 0.231 e. The summed E-state index contributed by atoms with van der Waals surface area (Å²) in [6.07, 6.45) is 0.732. The van der Waals surface area contributed by atoms with Crippen molar-refractivity contribution in [3.63, 3.8) is 0 Å². The summed E-state index contributed by atoms with van der Waals surface area (Å²) in [5.41, 5.74) is 1.52. The number of benzene rings is 1. The Labute approximate surface area is 145 Å². The number of carbonyl (C=O) groups is 1. The number of carbonyl (C=O) groups excluding carboxylic acids is 1. The summed E-state index contributed by atoms with van der Waals surface area (Å²) < 4.78 is 21.3. The lowest BCUT2D eigenvalue weighted by Crippen LogP contribution is -2.22. The van der Waals surface area contributed by atoms with Crippen molar-refractivity contribution >= 4 is 11.7 Å². The van der Waals surface area contributed by atoms with Crippen LogP contribution in [-0.2, 0) is 9.53 Å². The van der Waals surface area contributed by atoms with E-state index in [1.165, 1.54) is 0 Å². The molecule has 0 radical (unpaired) electrons. The number of hydrogen-bond acceptors (Lipinski definition) is 6.